The highest BCUT2D eigenvalue weighted by Crippen LogP contribution is 2.32. The SMILES string of the molecule is C=N/C=C(C)\C=C/CC1CC1. The van der Waals surface area contributed by atoms with Crippen molar-refractivity contribution in [3.63, 3.8) is 0 Å². The van der Waals surface area contributed by atoms with Gasteiger partial charge in [0.1, 0.15) is 0 Å². The zero-order chi connectivity index (χ0) is 8.10. The third-order valence-electron chi connectivity index (χ3n) is 1.84. The predicted molar refractivity (Wildman–Crippen MR) is 49.8 cm³/mol. The van der Waals surface area contributed by atoms with Crippen LogP contribution < -0.4 is 0 Å². The molecule has 0 heterocycles. The van der Waals surface area contributed by atoms with Gasteiger partial charge in [-0.1, -0.05) is 12.2 Å². The van der Waals surface area contributed by atoms with Crippen LogP contribution in [-0.4, -0.2) is 6.72 Å². The fraction of sp³-hybridized carbons (Fsp3) is 0.500. The number of hydrogen-bond donors (Lipinski definition) is 0. The van der Waals surface area contributed by atoms with Crippen molar-refractivity contribution in [1.29, 1.82) is 0 Å². The number of aliphatic imine (C=N–C) groups is 1. The van der Waals surface area contributed by atoms with Crippen LogP contribution in [0.15, 0.2) is 28.9 Å². The van der Waals surface area contributed by atoms with E-state index in [1.165, 1.54) is 24.8 Å². The second kappa shape index (κ2) is 4.12. The van der Waals surface area contributed by atoms with Crippen LogP contribution in [0.5, 0.6) is 0 Å². The molecule has 0 amide bonds. The lowest BCUT2D eigenvalue weighted by atomic mass is 10.2. The summed E-state index contributed by atoms with van der Waals surface area (Å²) in [5, 5.41) is 0. The number of rotatable bonds is 4. The average Bonchev–Trinajstić information content (AvgIpc) is 2.72. The van der Waals surface area contributed by atoms with Crippen LogP contribution in [0, 0.1) is 5.92 Å². The van der Waals surface area contributed by atoms with Crippen molar-refractivity contribution in [2.75, 3.05) is 0 Å². The van der Waals surface area contributed by atoms with Crippen molar-refractivity contribution in [3.8, 4) is 0 Å². The van der Waals surface area contributed by atoms with Crippen LogP contribution in [0.1, 0.15) is 26.2 Å². The van der Waals surface area contributed by atoms with E-state index in [1.807, 2.05) is 6.92 Å². The topological polar surface area (TPSA) is 12.4 Å². The van der Waals surface area contributed by atoms with E-state index in [-0.39, 0.29) is 0 Å². The molecule has 1 rings (SSSR count). The molecule has 0 aromatic heterocycles. The first-order chi connectivity index (χ1) is 5.33. The molecule has 1 aliphatic carbocycles. The van der Waals surface area contributed by atoms with Crippen LogP contribution in [0.25, 0.3) is 0 Å². The Morgan fingerprint density at radius 1 is 1.64 bits per heavy atom. The average molecular weight is 149 g/mol. The van der Waals surface area contributed by atoms with Crippen LogP contribution >= 0.6 is 0 Å². The van der Waals surface area contributed by atoms with E-state index in [0.717, 1.165) is 5.92 Å². The van der Waals surface area contributed by atoms with Crippen LogP contribution in [0.4, 0.5) is 0 Å². The molecule has 1 fully saturated rings. The molecule has 0 atom stereocenters. The first kappa shape index (κ1) is 8.25. The van der Waals surface area contributed by atoms with Gasteiger partial charge in [-0.05, 0) is 44.4 Å². The second-order valence-electron chi connectivity index (χ2n) is 3.14. The van der Waals surface area contributed by atoms with E-state index in [9.17, 15) is 0 Å². The molecular formula is C10H15N. The molecule has 0 aliphatic heterocycles. The highest BCUT2D eigenvalue weighted by Gasteiger charge is 2.18. The summed E-state index contributed by atoms with van der Waals surface area (Å²) in [5.41, 5.74) is 1.18. The van der Waals surface area contributed by atoms with E-state index in [4.69, 9.17) is 0 Å². The van der Waals surface area contributed by atoms with Crippen molar-refractivity contribution in [3.05, 3.63) is 23.9 Å². The van der Waals surface area contributed by atoms with Gasteiger partial charge in [-0.15, -0.1) is 0 Å². The second-order valence-corrected chi connectivity index (χ2v) is 3.14. The minimum atomic E-state index is 0.982. The summed E-state index contributed by atoms with van der Waals surface area (Å²) in [4.78, 5) is 3.69. The van der Waals surface area contributed by atoms with Gasteiger partial charge < -0.3 is 0 Å². The Balaban J connectivity index is 2.20. The van der Waals surface area contributed by atoms with Crippen molar-refractivity contribution in [1.82, 2.24) is 0 Å². The Labute approximate surface area is 68.5 Å². The van der Waals surface area contributed by atoms with E-state index in [2.05, 4.69) is 23.9 Å². The van der Waals surface area contributed by atoms with Crippen LogP contribution in [0.3, 0.4) is 0 Å². The summed E-state index contributed by atoms with van der Waals surface area (Å²) in [6.45, 7) is 5.44. The smallest absolute Gasteiger partial charge is 0.0289 e. The molecule has 1 nitrogen and oxygen atoms in total. The highest BCUT2D eigenvalue weighted by molar-refractivity contribution is 5.28. The summed E-state index contributed by atoms with van der Waals surface area (Å²) in [6, 6.07) is 0. The summed E-state index contributed by atoms with van der Waals surface area (Å²) in [5.74, 6) is 0.982. The van der Waals surface area contributed by atoms with Gasteiger partial charge in [-0.25, -0.2) is 0 Å². The van der Waals surface area contributed by atoms with Gasteiger partial charge in [0, 0.05) is 6.20 Å². The van der Waals surface area contributed by atoms with Gasteiger partial charge >= 0.3 is 0 Å². The molecular weight excluding hydrogens is 134 g/mol. The molecule has 11 heavy (non-hydrogen) atoms. The molecule has 1 heteroatoms. The van der Waals surface area contributed by atoms with Gasteiger partial charge in [-0.2, -0.15) is 0 Å². The van der Waals surface area contributed by atoms with Gasteiger partial charge in [-0.3, -0.25) is 4.99 Å². The maximum atomic E-state index is 3.69. The zero-order valence-corrected chi connectivity index (χ0v) is 7.09. The van der Waals surface area contributed by atoms with Crippen molar-refractivity contribution >= 4 is 6.72 Å². The largest absolute Gasteiger partial charge is 0.272 e. The third-order valence-corrected chi connectivity index (χ3v) is 1.84. The lowest BCUT2D eigenvalue weighted by molar-refractivity contribution is 0.862. The minimum absolute atomic E-state index is 0.982. The Hall–Kier alpha value is -0.850. The van der Waals surface area contributed by atoms with Gasteiger partial charge in [0.25, 0.3) is 0 Å². The van der Waals surface area contributed by atoms with Gasteiger partial charge in [0.15, 0.2) is 0 Å². The van der Waals surface area contributed by atoms with Crippen molar-refractivity contribution in [2.24, 2.45) is 10.9 Å². The fourth-order valence-electron chi connectivity index (χ4n) is 0.987. The predicted octanol–water partition coefficient (Wildman–Crippen LogP) is 2.95. The highest BCUT2D eigenvalue weighted by atomic mass is 14.6. The summed E-state index contributed by atoms with van der Waals surface area (Å²) in [6.07, 6.45) is 10.2. The fourth-order valence-corrected chi connectivity index (χ4v) is 0.987. The van der Waals surface area contributed by atoms with E-state index in [0.29, 0.717) is 0 Å². The maximum Gasteiger partial charge on any atom is 0.0289 e. The quantitative estimate of drug-likeness (QED) is 0.430. The molecule has 0 bridgehead atoms. The lowest BCUT2D eigenvalue weighted by Crippen LogP contribution is -1.70. The Morgan fingerprint density at radius 3 is 2.91 bits per heavy atom. The maximum absolute atomic E-state index is 3.69. The molecule has 0 radical (unpaired) electrons. The van der Waals surface area contributed by atoms with Gasteiger partial charge in [0.05, 0.1) is 0 Å². The standard InChI is InChI=1S/C10H15N/c1-9(8-11-2)4-3-5-10-6-7-10/h3-4,8,10H,2,5-7H2,1H3/b4-3-,9-8-. The van der Waals surface area contributed by atoms with Crippen LogP contribution in [-0.2, 0) is 0 Å². The summed E-state index contributed by atoms with van der Waals surface area (Å²) in [7, 11) is 0. The third kappa shape index (κ3) is 3.76. The Bertz CT molecular complexity index is 185. The molecule has 0 saturated heterocycles. The zero-order valence-electron chi connectivity index (χ0n) is 7.09. The van der Waals surface area contributed by atoms with Gasteiger partial charge in [0.2, 0.25) is 0 Å². The summed E-state index contributed by atoms with van der Waals surface area (Å²) < 4.78 is 0. The van der Waals surface area contributed by atoms with Crippen molar-refractivity contribution < 1.29 is 0 Å². The number of hydrogen-bond acceptors (Lipinski definition) is 1. The Kier molecular flexibility index (Phi) is 3.09. The normalized spacial score (nSPS) is 19.2. The molecule has 0 N–H and O–H groups in total. The molecule has 0 aromatic rings. The summed E-state index contributed by atoms with van der Waals surface area (Å²) >= 11 is 0. The first-order valence-corrected chi connectivity index (χ1v) is 4.12. The molecule has 0 spiro atoms. The monoisotopic (exact) mass is 149 g/mol. The molecule has 60 valence electrons. The molecule has 1 aliphatic rings. The lowest BCUT2D eigenvalue weighted by Gasteiger charge is -1.88. The number of nitrogens with zero attached hydrogens (tertiary/aromatic N) is 1. The first-order valence-electron chi connectivity index (χ1n) is 4.12. The molecule has 0 unspecified atom stereocenters. The minimum Gasteiger partial charge on any atom is -0.272 e. The van der Waals surface area contributed by atoms with Crippen LogP contribution in [0.2, 0.25) is 0 Å². The number of allylic oxidation sites excluding steroid dienone is 3. The van der Waals surface area contributed by atoms with E-state index < -0.39 is 0 Å². The van der Waals surface area contributed by atoms with Crippen molar-refractivity contribution in [2.45, 2.75) is 26.2 Å². The van der Waals surface area contributed by atoms with E-state index in [1.54, 1.807) is 6.20 Å². The van der Waals surface area contributed by atoms with E-state index >= 15 is 0 Å². The molecule has 1 saturated carbocycles. The Morgan fingerprint density at radius 2 is 2.36 bits per heavy atom. The molecule has 0 aromatic carbocycles.